The zero-order chi connectivity index (χ0) is 15.8. The number of rotatable bonds is 10. The molecule has 2 unspecified atom stereocenters. The monoisotopic (exact) mass is 306 g/mol. The van der Waals surface area contributed by atoms with Gasteiger partial charge in [-0.2, -0.15) is 0 Å². The highest BCUT2D eigenvalue weighted by Gasteiger charge is 2.46. The van der Waals surface area contributed by atoms with E-state index in [1.165, 1.54) is 0 Å². The summed E-state index contributed by atoms with van der Waals surface area (Å²) >= 11 is 0. The Morgan fingerprint density at radius 3 is 2.05 bits per heavy atom. The second kappa shape index (κ2) is 9.25. The van der Waals surface area contributed by atoms with E-state index in [0.717, 1.165) is 0 Å². The molecule has 0 aliphatic rings. The first-order valence-corrected chi connectivity index (χ1v) is 8.26. The van der Waals surface area contributed by atoms with E-state index in [1.54, 1.807) is 28.3 Å². The maximum atomic E-state index is 11.2. The standard InChI is InChI=1S/C13H26O6Si/c1-10(2)13(14)18-9-8-11(3)19-12(4)20(15-5,16-6)17-7/h11-12H,1,8-9H2,2-7H3. The fourth-order valence-corrected chi connectivity index (χ4v) is 3.58. The largest absolute Gasteiger partial charge is 0.530 e. The SMILES string of the molecule is C=C(C)C(=O)OCCC(C)OC(C)[Si](OC)(OC)OC. The lowest BCUT2D eigenvalue weighted by Crippen LogP contribution is -2.55. The van der Waals surface area contributed by atoms with Crippen LogP contribution in [0.2, 0.25) is 0 Å². The Hall–Kier alpha value is -0.733. The van der Waals surface area contributed by atoms with Crippen molar-refractivity contribution < 1.29 is 27.5 Å². The van der Waals surface area contributed by atoms with Crippen molar-refractivity contribution >= 4 is 14.8 Å². The third kappa shape index (κ3) is 5.72. The summed E-state index contributed by atoms with van der Waals surface area (Å²) in [6.45, 7) is 9.15. The van der Waals surface area contributed by atoms with E-state index in [1.807, 2.05) is 13.8 Å². The summed E-state index contributed by atoms with van der Waals surface area (Å²) in [4.78, 5) is 11.2. The molecule has 0 aliphatic heterocycles. The van der Waals surface area contributed by atoms with Crippen LogP contribution in [0.25, 0.3) is 0 Å². The lowest BCUT2D eigenvalue weighted by molar-refractivity contribution is -0.140. The molecule has 2 atom stereocenters. The minimum atomic E-state index is -2.81. The summed E-state index contributed by atoms with van der Waals surface area (Å²) < 4.78 is 26.9. The molecule has 118 valence electrons. The van der Waals surface area contributed by atoms with Gasteiger partial charge in [-0.15, -0.1) is 0 Å². The van der Waals surface area contributed by atoms with Crippen LogP contribution in [0.4, 0.5) is 0 Å². The molecule has 0 rings (SSSR count). The molecule has 0 amide bonds. The molecule has 0 aliphatic carbocycles. The summed E-state index contributed by atoms with van der Waals surface area (Å²) in [5.41, 5.74) is 0.0749. The third-order valence-corrected chi connectivity index (χ3v) is 5.73. The topological polar surface area (TPSA) is 63.2 Å². The van der Waals surface area contributed by atoms with Crippen LogP contribution in [0.1, 0.15) is 27.2 Å². The normalized spacial score (nSPS) is 14.7. The number of carbonyl (C=O) groups excluding carboxylic acids is 1. The van der Waals surface area contributed by atoms with E-state index >= 15 is 0 Å². The smallest absolute Gasteiger partial charge is 0.462 e. The van der Waals surface area contributed by atoms with Crippen LogP contribution in [0.3, 0.4) is 0 Å². The van der Waals surface area contributed by atoms with Crippen molar-refractivity contribution in [1.82, 2.24) is 0 Å². The van der Waals surface area contributed by atoms with Crippen LogP contribution in [-0.4, -0.2) is 54.5 Å². The zero-order valence-corrected chi connectivity index (χ0v) is 14.2. The molecule has 0 aromatic carbocycles. The maximum Gasteiger partial charge on any atom is 0.530 e. The molecule has 0 fully saturated rings. The van der Waals surface area contributed by atoms with Gasteiger partial charge in [-0.25, -0.2) is 4.79 Å². The van der Waals surface area contributed by atoms with Gasteiger partial charge in [-0.1, -0.05) is 6.58 Å². The van der Waals surface area contributed by atoms with E-state index in [2.05, 4.69) is 6.58 Å². The summed E-state index contributed by atoms with van der Waals surface area (Å²) in [5, 5.41) is 0. The lowest BCUT2D eigenvalue weighted by Gasteiger charge is -2.31. The van der Waals surface area contributed by atoms with Gasteiger partial charge in [0.1, 0.15) is 5.73 Å². The van der Waals surface area contributed by atoms with Gasteiger partial charge in [0.2, 0.25) is 0 Å². The Morgan fingerprint density at radius 1 is 1.15 bits per heavy atom. The molecular weight excluding hydrogens is 280 g/mol. The van der Waals surface area contributed by atoms with Gasteiger partial charge in [0, 0.05) is 33.3 Å². The fraction of sp³-hybridized carbons (Fsp3) is 0.769. The van der Waals surface area contributed by atoms with Gasteiger partial charge in [0.25, 0.3) is 0 Å². The average Bonchev–Trinajstić information content (AvgIpc) is 2.41. The summed E-state index contributed by atoms with van der Waals surface area (Å²) in [6.07, 6.45) is 0.459. The second-order valence-corrected chi connectivity index (χ2v) is 7.75. The highest BCUT2D eigenvalue weighted by Crippen LogP contribution is 2.17. The van der Waals surface area contributed by atoms with E-state index in [-0.39, 0.29) is 24.4 Å². The van der Waals surface area contributed by atoms with Crippen molar-refractivity contribution in [3.05, 3.63) is 12.2 Å². The first-order chi connectivity index (χ1) is 9.32. The van der Waals surface area contributed by atoms with E-state index in [9.17, 15) is 4.79 Å². The molecule has 0 aromatic rings. The Labute approximate surface area is 122 Å². The van der Waals surface area contributed by atoms with Crippen LogP contribution in [0.5, 0.6) is 0 Å². The van der Waals surface area contributed by atoms with Crippen molar-refractivity contribution in [3.8, 4) is 0 Å². The van der Waals surface area contributed by atoms with Gasteiger partial charge < -0.3 is 22.8 Å². The fourth-order valence-electron chi connectivity index (χ4n) is 1.69. The molecule has 0 N–H and O–H groups in total. The Bertz CT molecular complexity index is 308. The van der Waals surface area contributed by atoms with E-state index in [4.69, 9.17) is 22.8 Å². The van der Waals surface area contributed by atoms with Crippen LogP contribution < -0.4 is 0 Å². The van der Waals surface area contributed by atoms with Crippen molar-refractivity contribution in [2.75, 3.05) is 27.9 Å². The van der Waals surface area contributed by atoms with Crippen molar-refractivity contribution in [3.63, 3.8) is 0 Å². The summed E-state index contributed by atoms with van der Waals surface area (Å²) in [6, 6.07) is 0. The summed E-state index contributed by atoms with van der Waals surface area (Å²) in [5.74, 6) is -0.389. The lowest BCUT2D eigenvalue weighted by atomic mass is 10.3. The molecule has 20 heavy (non-hydrogen) atoms. The predicted octanol–water partition coefficient (Wildman–Crippen LogP) is 1.71. The third-order valence-electron chi connectivity index (χ3n) is 2.89. The van der Waals surface area contributed by atoms with Crippen LogP contribution >= 0.6 is 0 Å². The van der Waals surface area contributed by atoms with Gasteiger partial charge in [-0.3, -0.25) is 0 Å². The molecule has 0 heterocycles. The molecule has 0 saturated heterocycles. The first-order valence-electron chi connectivity index (χ1n) is 6.46. The Morgan fingerprint density at radius 2 is 1.65 bits per heavy atom. The quantitative estimate of drug-likeness (QED) is 0.348. The molecular formula is C13H26O6Si. The Kier molecular flexibility index (Phi) is 8.91. The molecule has 0 bridgehead atoms. The van der Waals surface area contributed by atoms with Crippen molar-refractivity contribution in [2.24, 2.45) is 0 Å². The number of hydrogen-bond acceptors (Lipinski definition) is 6. The molecule has 7 heteroatoms. The van der Waals surface area contributed by atoms with Crippen LogP contribution in [-0.2, 0) is 27.5 Å². The molecule has 0 radical (unpaired) electrons. The first kappa shape index (κ1) is 19.3. The minimum absolute atomic E-state index is 0.116. The van der Waals surface area contributed by atoms with Crippen molar-refractivity contribution in [1.29, 1.82) is 0 Å². The molecule has 6 nitrogen and oxygen atoms in total. The second-order valence-electron chi connectivity index (χ2n) is 4.51. The molecule has 0 spiro atoms. The number of ether oxygens (including phenoxy) is 2. The maximum absolute atomic E-state index is 11.2. The summed E-state index contributed by atoms with van der Waals surface area (Å²) in [7, 11) is 1.81. The highest BCUT2D eigenvalue weighted by atomic mass is 28.4. The van der Waals surface area contributed by atoms with E-state index in [0.29, 0.717) is 12.0 Å². The zero-order valence-electron chi connectivity index (χ0n) is 13.2. The van der Waals surface area contributed by atoms with Gasteiger partial charge in [0.15, 0.2) is 0 Å². The molecule has 0 saturated carbocycles. The predicted molar refractivity (Wildman–Crippen MR) is 77.2 cm³/mol. The number of carbonyl (C=O) groups is 1. The van der Waals surface area contributed by atoms with Crippen LogP contribution in [0, 0.1) is 0 Å². The minimum Gasteiger partial charge on any atom is -0.462 e. The van der Waals surface area contributed by atoms with Crippen molar-refractivity contribution in [2.45, 2.75) is 39.0 Å². The number of hydrogen-bond donors (Lipinski definition) is 0. The van der Waals surface area contributed by atoms with Gasteiger partial charge in [0.05, 0.1) is 12.7 Å². The average molecular weight is 306 g/mol. The van der Waals surface area contributed by atoms with Gasteiger partial charge in [-0.05, 0) is 20.8 Å². The van der Waals surface area contributed by atoms with Gasteiger partial charge >= 0.3 is 14.8 Å². The van der Waals surface area contributed by atoms with Crippen LogP contribution in [0.15, 0.2) is 12.2 Å². The highest BCUT2D eigenvalue weighted by molar-refractivity contribution is 6.61. The van der Waals surface area contributed by atoms with E-state index < -0.39 is 8.80 Å². The Balaban J connectivity index is 4.22. The number of esters is 1. The molecule has 0 aromatic heterocycles.